The fourth-order valence-electron chi connectivity index (χ4n) is 2.34. The van der Waals surface area contributed by atoms with E-state index in [1.54, 1.807) is 0 Å². The summed E-state index contributed by atoms with van der Waals surface area (Å²) in [5.74, 6) is 0. The summed E-state index contributed by atoms with van der Waals surface area (Å²) in [6.07, 6.45) is 0.846. The van der Waals surface area contributed by atoms with Crippen molar-refractivity contribution in [2.24, 2.45) is 12.8 Å². The molecule has 0 atom stereocenters. The second-order valence-electron chi connectivity index (χ2n) is 4.53. The molecule has 0 unspecified atom stereocenters. The summed E-state index contributed by atoms with van der Waals surface area (Å²) in [7, 11) is 1.98. The van der Waals surface area contributed by atoms with E-state index in [0.717, 1.165) is 16.6 Å². The zero-order chi connectivity index (χ0) is 13.3. The van der Waals surface area contributed by atoms with E-state index in [1.807, 2.05) is 11.7 Å². The summed E-state index contributed by atoms with van der Waals surface area (Å²) in [4.78, 5) is 0. The summed E-state index contributed by atoms with van der Waals surface area (Å²) in [5.41, 5.74) is 11.7. The van der Waals surface area contributed by atoms with Crippen molar-refractivity contribution in [2.75, 3.05) is 6.54 Å². The Balaban J connectivity index is 2.66. The fourth-order valence-corrected chi connectivity index (χ4v) is 2.70. The zero-order valence-electron chi connectivity index (χ0n) is 11.0. The van der Waals surface area contributed by atoms with Gasteiger partial charge in [0.25, 0.3) is 0 Å². The molecule has 4 heteroatoms. The highest BCUT2D eigenvalue weighted by Gasteiger charge is 2.16. The SMILES string of the molecule is Cc1ccc(Br)cc1-c1c(C)nn(C)c1CCN. The lowest BCUT2D eigenvalue weighted by molar-refractivity contribution is 0.701. The molecular formula is C14H18BrN3. The summed E-state index contributed by atoms with van der Waals surface area (Å²) in [6, 6.07) is 6.34. The first-order valence-electron chi connectivity index (χ1n) is 6.03. The molecule has 2 N–H and O–H groups in total. The first kappa shape index (κ1) is 13.3. The molecule has 0 fully saturated rings. The molecule has 1 aromatic carbocycles. The number of aromatic nitrogens is 2. The molecule has 0 aliphatic carbocycles. The van der Waals surface area contributed by atoms with E-state index in [4.69, 9.17) is 5.73 Å². The van der Waals surface area contributed by atoms with Crippen molar-refractivity contribution in [1.29, 1.82) is 0 Å². The van der Waals surface area contributed by atoms with Crippen LogP contribution in [0.3, 0.4) is 0 Å². The van der Waals surface area contributed by atoms with Crippen LogP contribution in [0, 0.1) is 13.8 Å². The minimum atomic E-state index is 0.638. The molecule has 0 spiro atoms. The largest absolute Gasteiger partial charge is 0.330 e. The van der Waals surface area contributed by atoms with Crippen molar-refractivity contribution < 1.29 is 0 Å². The maximum absolute atomic E-state index is 5.70. The van der Waals surface area contributed by atoms with Crippen LogP contribution in [-0.4, -0.2) is 16.3 Å². The highest BCUT2D eigenvalue weighted by atomic mass is 79.9. The number of halogens is 1. The fraction of sp³-hybridized carbons (Fsp3) is 0.357. The van der Waals surface area contributed by atoms with Crippen LogP contribution in [0.5, 0.6) is 0 Å². The van der Waals surface area contributed by atoms with E-state index >= 15 is 0 Å². The van der Waals surface area contributed by atoms with Gasteiger partial charge < -0.3 is 5.73 Å². The van der Waals surface area contributed by atoms with Gasteiger partial charge >= 0.3 is 0 Å². The lowest BCUT2D eigenvalue weighted by atomic mass is 9.97. The van der Waals surface area contributed by atoms with Crippen LogP contribution in [0.1, 0.15) is 17.0 Å². The minimum absolute atomic E-state index is 0.638. The van der Waals surface area contributed by atoms with E-state index in [0.29, 0.717) is 6.54 Å². The third kappa shape index (κ3) is 2.35. The summed E-state index contributed by atoms with van der Waals surface area (Å²) in [5, 5.41) is 4.52. The maximum Gasteiger partial charge on any atom is 0.0675 e. The first-order chi connectivity index (χ1) is 8.54. The summed E-state index contributed by atoms with van der Waals surface area (Å²) in [6.45, 7) is 4.81. The molecule has 0 saturated heterocycles. The third-order valence-electron chi connectivity index (χ3n) is 3.19. The first-order valence-corrected chi connectivity index (χ1v) is 6.83. The second-order valence-corrected chi connectivity index (χ2v) is 5.44. The Kier molecular flexibility index (Phi) is 3.88. The van der Waals surface area contributed by atoms with Gasteiger partial charge in [0, 0.05) is 29.2 Å². The zero-order valence-corrected chi connectivity index (χ0v) is 12.6. The predicted octanol–water partition coefficient (Wildman–Crippen LogP) is 2.97. The number of aryl methyl sites for hydroxylation is 3. The van der Waals surface area contributed by atoms with Crippen molar-refractivity contribution >= 4 is 15.9 Å². The van der Waals surface area contributed by atoms with Crippen molar-refractivity contribution in [1.82, 2.24) is 9.78 Å². The highest BCUT2D eigenvalue weighted by molar-refractivity contribution is 9.10. The van der Waals surface area contributed by atoms with Crippen molar-refractivity contribution in [3.05, 3.63) is 39.6 Å². The molecule has 0 amide bonds. The Morgan fingerprint density at radius 2 is 2.06 bits per heavy atom. The van der Waals surface area contributed by atoms with Crippen LogP contribution in [-0.2, 0) is 13.5 Å². The highest BCUT2D eigenvalue weighted by Crippen LogP contribution is 2.32. The van der Waals surface area contributed by atoms with Gasteiger partial charge in [0.05, 0.1) is 5.69 Å². The molecule has 96 valence electrons. The molecular weight excluding hydrogens is 290 g/mol. The van der Waals surface area contributed by atoms with E-state index in [9.17, 15) is 0 Å². The predicted molar refractivity (Wildman–Crippen MR) is 78.6 cm³/mol. The molecule has 0 aliphatic rings. The topological polar surface area (TPSA) is 43.8 Å². The maximum atomic E-state index is 5.70. The van der Waals surface area contributed by atoms with Gasteiger partial charge in [0.15, 0.2) is 0 Å². The van der Waals surface area contributed by atoms with E-state index in [2.05, 4.69) is 53.1 Å². The number of hydrogen-bond donors (Lipinski definition) is 1. The Bertz CT molecular complexity index is 573. The standard InChI is InChI=1S/C14H18BrN3/c1-9-4-5-11(15)8-12(9)14-10(2)17-18(3)13(14)6-7-16/h4-5,8H,6-7,16H2,1-3H3. The van der Waals surface area contributed by atoms with Crippen LogP contribution < -0.4 is 5.73 Å². The third-order valence-corrected chi connectivity index (χ3v) is 3.68. The molecule has 2 aromatic rings. The number of rotatable bonds is 3. The molecule has 3 nitrogen and oxygen atoms in total. The van der Waals surface area contributed by atoms with Gasteiger partial charge in [0.2, 0.25) is 0 Å². The lowest BCUT2D eigenvalue weighted by Crippen LogP contribution is -2.08. The van der Waals surface area contributed by atoms with Gasteiger partial charge in [-0.2, -0.15) is 5.10 Å². The number of hydrogen-bond acceptors (Lipinski definition) is 2. The van der Waals surface area contributed by atoms with Crippen molar-refractivity contribution in [3.8, 4) is 11.1 Å². The average molecular weight is 308 g/mol. The number of nitrogens with two attached hydrogens (primary N) is 1. The smallest absolute Gasteiger partial charge is 0.0675 e. The molecule has 0 saturated carbocycles. The Labute approximate surface area is 116 Å². The summed E-state index contributed by atoms with van der Waals surface area (Å²) >= 11 is 3.54. The Hall–Kier alpha value is -1.13. The van der Waals surface area contributed by atoms with E-state index < -0.39 is 0 Å². The van der Waals surface area contributed by atoms with Gasteiger partial charge in [-0.15, -0.1) is 0 Å². The van der Waals surface area contributed by atoms with Gasteiger partial charge in [-0.05, 0) is 43.7 Å². The van der Waals surface area contributed by atoms with E-state index in [1.165, 1.54) is 22.4 Å². The van der Waals surface area contributed by atoms with Crippen molar-refractivity contribution in [2.45, 2.75) is 20.3 Å². The monoisotopic (exact) mass is 307 g/mol. The molecule has 0 aliphatic heterocycles. The number of benzene rings is 1. The second kappa shape index (κ2) is 5.24. The van der Waals surface area contributed by atoms with E-state index in [-0.39, 0.29) is 0 Å². The quantitative estimate of drug-likeness (QED) is 0.947. The molecule has 0 bridgehead atoms. The summed E-state index contributed by atoms with van der Waals surface area (Å²) < 4.78 is 3.03. The van der Waals surface area contributed by atoms with Crippen LogP contribution in [0.2, 0.25) is 0 Å². The van der Waals surface area contributed by atoms with Crippen molar-refractivity contribution in [3.63, 3.8) is 0 Å². The molecule has 1 heterocycles. The normalized spacial score (nSPS) is 10.9. The molecule has 1 aromatic heterocycles. The van der Waals surface area contributed by atoms with Gasteiger partial charge in [-0.25, -0.2) is 0 Å². The molecule has 18 heavy (non-hydrogen) atoms. The minimum Gasteiger partial charge on any atom is -0.330 e. The molecule has 0 radical (unpaired) electrons. The Morgan fingerprint density at radius 3 is 2.72 bits per heavy atom. The Morgan fingerprint density at radius 1 is 1.33 bits per heavy atom. The van der Waals surface area contributed by atoms with Gasteiger partial charge in [-0.1, -0.05) is 22.0 Å². The van der Waals surface area contributed by atoms with Crippen LogP contribution in [0.4, 0.5) is 0 Å². The number of nitrogens with zero attached hydrogens (tertiary/aromatic N) is 2. The van der Waals surface area contributed by atoms with Crippen LogP contribution in [0.15, 0.2) is 22.7 Å². The van der Waals surface area contributed by atoms with Gasteiger partial charge in [0.1, 0.15) is 0 Å². The van der Waals surface area contributed by atoms with Gasteiger partial charge in [-0.3, -0.25) is 4.68 Å². The molecule has 2 rings (SSSR count). The lowest BCUT2D eigenvalue weighted by Gasteiger charge is -2.09. The average Bonchev–Trinajstić information content (AvgIpc) is 2.58. The van der Waals surface area contributed by atoms with Crippen LogP contribution in [0.25, 0.3) is 11.1 Å². The van der Waals surface area contributed by atoms with Crippen LogP contribution >= 0.6 is 15.9 Å².